The van der Waals surface area contributed by atoms with Crippen molar-refractivity contribution in [1.82, 2.24) is 20.6 Å². The maximum absolute atomic E-state index is 12.3. The van der Waals surface area contributed by atoms with E-state index in [1.807, 2.05) is 30.6 Å². The Bertz CT molecular complexity index is 754. The lowest BCUT2D eigenvalue weighted by atomic mass is 10.1. The second kappa shape index (κ2) is 8.35. The zero-order valence-electron chi connectivity index (χ0n) is 15.5. The zero-order chi connectivity index (χ0) is 18.5. The molecular weight excluding hydrogens is 340 g/mol. The fourth-order valence-corrected chi connectivity index (χ4v) is 3.75. The van der Waals surface area contributed by atoms with Gasteiger partial charge in [-0.05, 0) is 31.2 Å². The van der Waals surface area contributed by atoms with Crippen molar-refractivity contribution in [3.8, 4) is 0 Å². The van der Waals surface area contributed by atoms with E-state index in [2.05, 4.69) is 42.5 Å². The van der Waals surface area contributed by atoms with Crippen molar-refractivity contribution < 1.29 is 4.79 Å². The van der Waals surface area contributed by atoms with Gasteiger partial charge in [0.15, 0.2) is 0 Å². The number of amides is 1. The summed E-state index contributed by atoms with van der Waals surface area (Å²) in [5.74, 6) is 2.22. The number of nitrogens with one attached hydrogen (secondary N) is 2. The predicted octanol–water partition coefficient (Wildman–Crippen LogP) is 1.03. The average Bonchev–Trinajstić information content (AvgIpc) is 3.28. The molecule has 4 rings (SSSR count). The van der Waals surface area contributed by atoms with Crippen molar-refractivity contribution >= 4 is 17.5 Å². The van der Waals surface area contributed by atoms with Crippen LogP contribution in [0.15, 0.2) is 42.7 Å². The Morgan fingerprint density at radius 1 is 1.07 bits per heavy atom. The first-order valence-electron chi connectivity index (χ1n) is 9.64. The van der Waals surface area contributed by atoms with Crippen LogP contribution in [0.4, 0.5) is 11.6 Å². The van der Waals surface area contributed by atoms with Gasteiger partial charge in [0.2, 0.25) is 5.91 Å². The second-order valence-electron chi connectivity index (χ2n) is 7.06. The topological polar surface area (TPSA) is 73.4 Å². The van der Waals surface area contributed by atoms with Crippen LogP contribution in [0.25, 0.3) is 0 Å². The number of anilines is 2. The van der Waals surface area contributed by atoms with E-state index >= 15 is 0 Å². The summed E-state index contributed by atoms with van der Waals surface area (Å²) in [5.41, 5.74) is 1.07. The molecule has 7 heteroatoms. The molecule has 4 heterocycles. The number of hydrogen-bond acceptors (Lipinski definition) is 6. The molecule has 0 saturated carbocycles. The first kappa shape index (κ1) is 17.7. The van der Waals surface area contributed by atoms with Gasteiger partial charge >= 0.3 is 0 Å². The van der Waals surface area contributed by atoms with Crippen LogP contribution in [0.3, 0.4) is 0 Å². The minimum absolute atomic E-state index is 0.0899. The molecule has 0 radical (unpaired) electrons. The first-order valence-corrected chi connectivity index (χ1v) is 9.64. The fourth-order valence-electron chi connectivity index (χ4n) is 3.75. The van der Waals surface area contributed by atoms with Crippen LogP contribution in [0, 0.1) is 5.92 Å². The molecule has 1 amide bonds. The van der Waals surface area contributed by atoms with E-state index in [1.165, 1.54) is 0 Å². The molecule has 2 N–H and O–H groups in total. The molecule has 0 aliphatic carbocycles. The highest BCUT2D eigenvalue weighted by atomic mass is 16.1. The Labute approximate surface area is 159 Å². The smallest absolute Gasteiger partial charge is 0.224 e. The van der Waals surface area contributed by atoms with Crippen LogP contribution >= 0.6 is 0 Å². The number of aromatic nitrogens is 2. The number of nitrogens with zero attached hydrogens (tertiary/aromatic N) is 4. The summed E-state index contributed by atoms with van der Waals surface area (Å²) in [6.07, 6.45) is 4.58. The molecule has 2 fully saturated rings. The maximum Gasteiger partial charge on any atom is 0.224 e. The molecule has 2 aliphatic rings. The van der Waals surface area contributed by atoms with Gasteiger partial charge in [-0.1, -0.05) is 12.1 Å². The van der Waals surface area contributed by atoms with Gasteiger partial charge in [-0.2, -0.15) is 0 Å². The number of carbonyl (C=O) groups is 1. The predicted molar refractivity (Wildman–Crippen MR) is 106 cm³/mol. The van der Waals surface area contributed by atoms with Gasteiger partial charge in [-0.3, -0.25) is 4.79 Å². The lowest BCUT2D eigenvalue weighted by Crippen LogP contribution is -2.47. The van der Waals surface area contributed by atoms with E-state index in [1.54, 1.807) is 0 Å². The molecule has 27 heavy (non-hydrogen) atoms. The monoisotopic (exact) mass is 366 g/mol. The molecule has 0 bridgehead atoms. The van der Waals surface area contributed by atoms with Gasteiger partial charge in [0.25, 0.3) is 0 Å². The van der Waals surface area contributed by atoms with E-state index in [-0.39, 0.29) is 11.8 Å². The third-order valence-corrected chi connectivity index (χ3v) is 5.30. The number of hydrogen-bond donors (Lipinski definition) is 2. The fraction of sp³-hybridized carbons (Fsp3) is 0.450. The van der Waals surface area contributed by atoms with Crippen LogP contribution in [-0.2, 0) is 11.3 Å². The molecule has 2 aromatic rings. The highest BCUT2D eigenvalue weighted by Crippen LogP contribution is 2.21. The molecule has 142 valence electrons. The molecular formula is C20H26N6O. The SMILES string of the molecule is O=C(NCc1cccnc1N1CCN(c2ccccn2)CC1)C1CCNC1. The Hall–Kier alpha value is -2.67. The number of piperazine rings is 1. The zero-order valence-corrected chi connectivity index (χ0v) is 15.5. The van der Waals surface area contributed by atoms with Gasteiger partial charge in [-0.15, -0.1) is 0 Å². The van der Waals surface area contributed by atoms with E-state index in [0.29, 0.717) is 6.54 Å². The van der Waals surface area contributed by atoms with Crippen LogP contribution in [0.5, 0.6) is 0 Å². The van der Waals surface area contributed by atoms with Gasteiger partial charge in [0.1, 0.15) is 11.6 Å². The third kappa shape index (κ3) is 4.19. The standard InChI is InChI=1S/C20H26N6O/c27-20(17-6-9-21-14-17)24-15-16-4-3-8-23-19(16)26-12-10-25(11-13-26)18-5-1-2-7-22-18/h1-5,7-8,17,21H,6,9-15H2,(H,24,27). The summed E-state index contributed by atoms with van der Waals surface area (Å²) in [7, 11) is 0. The van der Waals surface area contributed by atoms with Crippen molar-refractivity contribution in [2.24, 2.45) is 5.92 Å². The van der Waals surface area contributed by atoms with Crippen molar-refractivity contribution in [2.45, 2.75) is 13.0 Å². The molecule has 1 atom stereocenters. The van der Waals surface area contributed by atoms with Crippen LogP contribution in [0.2, 0.25) is 0 Å². The van der Waals surface area contributed by atoms with Crippen molar-refractivity contribution in [3.05, 3.63) is 48.3 Å². The van der Waals surface area contributed by atoms with E-state index < -0.39 is 0 Å². The Morgan fingerprint density at radius 3 is 2.63 bits per heavy atom. The molecule has 0 spiro atoms. The lowest BCUT2D eigenvalue weighted by Gasteiger charge is -2.36. The number of carbonyl (C=O) groups excluding carboxylic acids is 1. The van der Waals surface area contributed by atoms with Gasteiger partial charge < -0.3 is 20.4 Å². The van der Waals surface area contributed by atoms with Crippen LogP contribution in [0.1, 0.15) is 12.0 Å². The van der Waals surface area contributed by atoms with E-state index in [4.69, 9.17) is 0 Å². The molecule has 2 saturated heterocycles. The lowest BCUT2D eigenvalue weighted by molar-refractivity contribution is -0.124. The number of rotatable bonds is 5. The Morgan fingerprint density at radius 2 is 1.89 bits per heavy atom. The van der Waals surface area contributed by atoms with Gasteiger partial charge in [0.05, 0.1) is 5.92 Å². The number of pyridine rings is 2. The normalized spacial score (nSPS) is 19.9. The Balaban J connectivity index is 1.37. The van der Waals surface area contributed by atoms with Gasteiger partial charge in [-0.25, -0.2) is 9.97 Å². The van der Waals surface area contributed by atoms with E-state index in [0.717, 1.165) is 62.9 Å². The first-order chi connectivity index (χ1) is 13.3. The van der Waals surface area contributed by atoms with E-state index in [9.17, 15) is 4.79 Å². The van der Waals surface area contributed by atoms with Crippen molar-refractivity contribution in [3.63, 3.8) is 0 Å². The summed E-state index contributed by atoms with van der Waals surface area (Å²) in [6.45, 7) is 5.83. The summed E-state index contributed by atoms with van der Waals surface area (Å²) in [4.78, 5) is 26.0. The minimum Gasteiger partial charge on any atom is -0.353 e. The highest BCUT2D eigenvalue weighted by molar-refractivity contribution is 5.79. The van der Waals surface area contributed by atoms with Crippen LogP contribution < -0.4 is 20.4 Å². The van der Waals surface area contributed by atoms with Crippen LogP contribution in [-0.4, -0.2) is 55.1 Å². The molecule has 7 nitrogen and oxygen atoms in total. The highest BCUT2D eigenvalue weighted by Gasteiger charge is 2.24. The summed E-state index contributed by atoms with van der Waals surface area (Å²) in [5, 5.41) is 6.33. The van der Waals surface area contributed by atoms with Gasteiger partial charge in [0, 0.05) is 57.2 Å². The third-order valence-electron chi connectivity index (χ3n) is 5.30. The van der Waals surface area contributed by atoms with Crippen molar-refractivity contribution in [2.75, 3.05) is 49.1 Å². The summed E-state index contributed by atoms with van der Waals surface area (Å²) < 4.78 is 0. The minimum atomic E-state index is 0.0899. The Kier molecular flexibility index (Phi) is 5.48. The second-order valence-corrected chi connectivity index (χ2v) is 7.06. The molecule has 2 aromatic heterocycles. The van der Waals surface area contributed by atoms with Crippen molar-refractivity contribution in [1.29, 1.82) is 0 Å². The molecule has 2 aliphatic heterocycles. The maximum atomic E-state index is 12.3. The molecule has 0 aromatic carbocycles. The molecule has 1 unspecified atom stereocenters. The summed E-state index contributed by atoms with van der Waals surface area (Å²) >= 11 is 0. The summed E-state index contributed by atoms with van der Waals surface area (Å²) in [6, 6.07) is 10.0. The largest absolute Gasteiger partial charge is 0.353 e. The average molecular weight is 366 g/mol. The quantitative estimate of drug-likeness (QED) is 0.823.